The van der Waals surface area contributed by atoms with Gasteiger partial charge in [-0.1, -0.05) is 0 Å². The molecule has 8 nitrogen and oxygen atoms in total. The van der Waals surface area contributed by atoms with E-state index in [4.69, 9.17) is 10.5 Å². The predicted molar refractivity (Wildman–Crippen MR) is 104 cm³/mol. The normalized spacial score (nSPS) is 18.4. The minimum Gasteiger partial charge on any atom is -0.467 e. The van der Waals surface area contributed by atoms with Crippen molar-refractivity contribution in [2.75, 3.05) is 11.5 Å². The van der Waals surface area contributed by atoms with E-state index in [9.17, 15) is 13.9 Å². The lowest BCUT2D eigenvalue weighted by molar-refractivity contribution is 0.215. The van der Waals surface area contributed by atoms with Crippen LogP contribution in [-0.2, 0) is 24.3 Å². The number of fused-ring (bicyclic) bond motifs is 5. The number of nitrogen functional groups attached to an aromatic ring is 1. The lowest BCUT2D eigenvalue weighted by Gasteiger charge is -2.19. The molecule has 0 saturated heterocycles. The first-order chi connectivity index (χ1) is 13.9. The van der Waals surface area contributed by atoms with Crippen LogP contribution in [-0.4, -0.2) is 29.7 Å². The van der Waals surface area contributed by atoms with Crippen molar-refractivity contribution >= 4 is 16.6 Å². The zero-order valence-corrected chi connectivity index (χ0v) is 16.5. The molecule has 10 heteroatoms. The second-order valence-corrected chi connectivity index (χ2v) is 8.13. The minimum atomic E-state index is -1.43. The van der Waals surface area contributed by atoms with Crippen molar-refractivity contribution in [2.45, 2.75) is 24.3 Å². The van der Waals surface area contributed by atoms with Gasteiger partial charge in [0, 0.05) is 29.7 Å². The van der Waals surface area contributed by atoms with Gasteiger partial charge < -0.3 is 10.5 Å². The van der Waals surface area contributed by atoms with E-state index in [1.165, 1.54) is 29.1 Å². The molecule has 2 aromatic heterocycles. The van der Waals surface area contributed by atoms with Crippen molar-refractivity contribution in [3.8, 4) is 23.2 Å². The van der Waals surface area contributed by atoms with Gasteiger partial charge in [0.15, 0.2) is 5.82 Å². The van der Waals surface area contributed by atoms with Crippen molar-refractivity contribution in [2.24, 2.45) is 7.05 Å². The molecule has 0 radical (unpaired) electrons. The standard InChI is InChI=1S/C19H17FN6O2S/c1-10-12-7-11(20)3-4-16(12)29(27)6-5-13-17(15(8-21)26(2)25-13)14-9-23-18(22)19(24-14)28-10/h3-4,7,9-10H,5-6H2,1-2H3,(H2,22,23). The smallest absolute Gasteiger partial charge is 0.258 e. The highest BCUT2D eigenvalue weighted by atomic mass is 32.2. The number of rotatable bonds is 0. The van der Waals surface area contributed by atoms with Crippen LogP contribution in [0.3, 0.4) is 0 Å². The minimum absolute atomic E-state index is 0.0512. The van der Waals surface area contributed by atoms with E-state index in [2.05, 4.69) is 21.1 Å². The summed E-state index contributed by atoms with van der Waals surface area (Å²) in [5.41, 5.74) is 8.15. The van der Waals surface area contributed by atoms with Crippen LogP contribution in [0.1, 0.15) is 30.0 Å². The first-order valence-corrected chi connectivity index (χ1v) is 10.1. The molecule has 148 valence electrons. The molecule has 2 unspecified atom stereocenters. The maximum Gasteiger partial charge on any atom is 0.258 e. The highest BCUT2D eigenvalue weighted by molar-refractivity contribution is 7.85. The third kappa shape index (κ3) is 3.34. The summed E-state index contributed by atoms with van der Waals surface area (Å²) < 4.78 is 34.2. The summed E-state index contributed by atoms with van der Waals surface area (Å²) in [6, 6.07) is 6.19. The average Bonchev–Trinajstić information content (AvgIpc) is 3.02. The number of hydrogen-bond donors (Lipinski definition) is 1. The molecule has 2 bridgehead atoms. The number of nitrogens with two attached hydrogens (primary N) is 1. The summed E-state index contributed by atoms with van der Waals surface area (Å²) in [6.07, 6.45) is 1.12. The van der Waals surface area contributed by atoms with E-state index in [0.29, 0.717) is 39.5 Å². The molecule has 3 heterocycles. The van der Waals surface area contributed by atoms with E-state index in [-0.39, 0.29) is 17.5 Å². The van der Waals surface area contributed by atoms with Gasteiger partial charge in [0.2, 0.25) is 0 Å². The van der Waals surface area contributed by atoms with Gasteiger partial charge >= 0.3 is 0 Å². The maximum atomic E-state index is 13.9. The van der Waals surface area contributed by atoms with Crippen LogP contribution >= 0.6 is 0 Å². The van der Waals surface area contributed by atoms with Gasteiger partial charge in [-0.05, 0) is 25.1 Å². The Bertz CT molecular complexity index is 1190. The molecular formula is C19H17FN6O2S. The maximum absolute atomic E-state index is 13.9. The molecule has 29 heavy (non-hydrogen) atoms. The van der Waals surface area contributed by atoms with Crippen LogP contribution in [0, 0.1) is 17.1 Å². The van der Waals surface area contributed by atoms with E-state index in [1.807, 2.05) is 0 Å². The van der Waals surface area contributed by atoms with Crippen LogP contribution in [0.4, 0.5) is 10.2 Å². The second-order valence-electron chi connectivity index (χ2n) is 6.59. The summed E-state index contributed by atoms with van der Waals surface area (Å²) in [6.45, 7) is 1.70. The van der Waals surface area contributed by atoms with E-state index in [1.54, 1.807) is 14.0 Å². The first-order valence-electron chi connectivity index (χ1n) is 8.82. The predicted octanol–water partition coefficient (Wildman–Crippen LogP) is 2.27. The lowest BCUT2D eigenvalue weighted by atomic mass is 10.1. The molecule has 0 aliphatic carbocycles. The van der Waals surface area contributed by atoms with Crippen LogP contribution in [0.15, 0.2) is 29.3 Å². The van der Waals surface area contributed by atoms with Gasteiger partial charge in [0.1, 0.15) is 23.7 Å². The van der Waals surface area contributed by atoms with Crippen LogP contribution in [0.25, 0.3) is 11.3 Å². The molecule has 0 saturated carbocycles. The molecule has 2 N–H and O–H groups in total. The van der Waals surface area contributed by atoms with E-state index >= 15 is 0 Å². The van der Waals surface area contributed by atoms with Gasteiger partial charge in [-0.2, -0.15) is 10.4 Å². The Labute approximate surface area is 168 Å². The largest absolute Gasteiger partial charge is 0.467 e. The molecule has 3 aromatic rings. The topological polar surface area (TPSA) is 120 Å². The monoisotopic (exact) mass is 412 g/mol. The Morgan fingerprint density at radius 3 is 3.00 bits per heavy atom. The molecule has 1 aliphatic rings. The number of nitrogens with zero attached hydrogens (tertiary/aromatic N) is 5. The molecule has 0 fully saturated rings. The second kappa shape index (κ2) is 7.25. The summed E-state index contributed by atoms with van der Waals surface area (Å²) >= 11 is 0. The third-order valence-corrected chi connectivity index (χ3v) is 6.15. The Balaban J connectivity index is 1.94. The SMILES string of the molecule is CC1Oc2nc(cnc2N)-c2c(nn(C)c2C#N)CCS(=O)c2ccc(F)cc21. The van der Waals surface area contributed by atoms with Crippen molar-refractivity contribution in [1.82, 2.24) is 19.7 Å². The van der Waals surface area contributed by atoms with Crippen molar-refractivity contribution in [1.29, 1.82) is 5.26 Å². The highest BCUT2D eigenvalue weighted by Gasteiger charge is 2.25. The number of nitriles is 1. The fraction of sp³-hybridized carbons (Fsp3) is 0.263. The third-order valence-electron chi connectivity index (χ3n) is 4.72. The number of ether oxygens (including phenoxy) is 1. The summed E-state index contributed by atoms with van der Waals surface area (Å²) in [5.74, 6) is -0.104. The molecule has 2 atom stereocenters. The Hall–Kier alpha value is -3.32. The van der Waals surface area contributed by atoms with Gasteiger partial charge in [-0.3, -0.25) is 8.89 Å². The molecule has 1 aromatic carbocycles. The summed E-state index contributed by atoms with van der Waals surface area (Å²) in [7, 11) is 0.229. The van der Waals surface area contributed by atoms with E-state index in [0.717, 1.165) is 0 Å². The van der Waals surface area contributed by atoms with Crippen molar-refractivity contribution < 1.29 is 13.3 Å². The molecule has 0 amide bonds. The Kier molecular flexibility index (Phi) is 4.76. The first kappa shape index (κ1) is 19.0. The Morgan fingerprint density at radius 1 is 1.45 bits per heavy atom. The van der Waals surface area contributed by atoms with E-state index < -0.39 is 22.7 Å². The fourth-order valence-electron chi connectivity index (χ4n) is 3.32. The van der Waals surface area contributed by atoms with Crippen LogP contribution in [0.2, 0.25) is 0 Å². The number of anilines is 1. The number of halogens is 1. The number of aromatic nitrogens is 4. The lowest BCUT2D eigenvalue weighted by Crippen LogP contribution is -2.14. The summed E-state index contributed by atoms with van der Waals surface area (Å²) in [4.78, 5) is 9.07. The van der Waals surface area contributed by atoms with Crippen LogP contribution in [0.5, 0.6) is 5.88 Å². The van der Waals surface area contributed by atoms with Gasteiger partial charge in [0.05, 0.1) is 33.9 Å². The number of hydrogen-bond acceptors (Lipinski definition) is 7. The molecular weight excluding hydrogens is 395 g/mol. The van der Waals surface area contributed by atoms with Gasteiger partial charge in [-0.15, -0.1) is 0 Å². The molecule has 0 spiro atoms. The number of benzene rings is 1. The van der Waals surface area contributed by atoms with Gasteiger partial charge in [-0.25, -0.2) is 14.4 Å². The fourth-order valence-corrected chi connectivity index (χ4v) is 4.62. The van der Waals surface area contributed by atoms with Crippen molar-refractivity contribution in [3.05, 3.63) is 47.2 Å². The quantitative estimate of drug-likeness (QED) is 0.601. The van der Waals surface area contributed by atoms with Crippen LogP contribution < -0.4 is 10.5 Å². The zero-order valence-electron chi connectivity index (χ0n) is 15.7. The summed E-state index contributed by atoms with van der Waals surface area (Å²) in [5, 5.41) is 14.0. The molecule has 1 aliphatic heterocycles. The Morgan fingerprint density at radius 2 is 2.24 bits per heavy atom. The number of aryl methyl sites for hydroxylation is 2. The molecule has 4 rings (SSSR count). The zero-order chi connectivity index (χ0) is 20.7. The average molecular weight is 412 g/mol. The van der Waals surface area contributed by atoms with Crippen molar-refractivity contribution in [3.63, 3.8) is 0 Å². The van der Waals surface area contributed by atoms with Gasteiger partial charge in [0.25, 0.3) is 5.88 Å². The highest BCUT2D eigenvalue weighted by Crippen LogP contribution is 2.33.